The van der Waals surface area contributed by atoms with Crippen molar-refractivity contribution in [1.29, 1.82) is 0 Å². The first-order valence-electron chi connectivity index (χ1n) is 5.70. The second-order valence-corrected chi connectivity index (χ2v) is 4.33. The lowest BCUT2D eigenvalue weighted by Gasteiger charge is -2.00. The standard InChI is InChI=1S/C13H8N2O4/c16-12-2-7(13(17)15-12)8-4-14-9-3-11-10(1-6(8)9)18-5-19-11/h1-4,14H,5H2,(H,15,16,17). The van der Waals surface area contributed by atoms with Gasteiger partial charge in [-0.3, -0.25) is 14.9 Å². The smallest absolute Gasteiger partial charge is 0.258 e. The third-order valence-corrected chi connectivity index (χ3v) is 3.22. The summed E-state index contributed by atoms with van der Waals surface area (Å²) in [6.07, 6.45) is 3.00. The van der Waals surface area contributed by atoms with E-state index in [1.165, 1.54) is 6.08 Å². The van der Waals surface area contributed by atoms with Gasteiger partial charge in [0.15, 0.2) is 11.5 Å². The largest absolute Gasteiger partial charge is 0.454 e. The predicted octanol–water partition coefficient (Wildman–Crippen LogP) is 0.936. The Morgan fingerprint density at radius 1 is 1.11 bits per heavy atom. The van der Waals surface area contributed by atoms with E-state index in [9.17, 15) is 9.59 Å². The Bertz CT molecular complexity index is 772. The summed E-state index contributed by atoms with van der Waals surface area (Å²) in [6.45, 7) is 0.193. The first-order chi connectivity index (χ1) is 9.22. The van der Waals surface area contributed by atoms with Gasteiger partial charge in [-0.1, -0.05) is 0 Å². The molecule has 0 atom stereocenters. The van der Waals surface area contributed by atoms with E-state index in [-0.39, 0.29) is 12.7 Å². The molecule has 2 aliphatic rings. The van der Waals surface area contributed by atoms with Crippen LogP contribution in [0, 0.1) is 0 Å². The lowest BCUT2D eigenvalue weighted by molar-refractivity contribution is -0.123. The van der Waals surface area contributed by atoms with E-state index in [2.05, 4.69) is 10.3 Å². The zero-order valence-electron chi connectivity index (χ0n) is 9.65. The number of carbonyl (C=O) groups is 2. The number of nitrogens with one attached hydrogen (secondary N) is 2. The molecule has 0 fully saturated rings. The van der Waals surface area contributed by atoms with E-state index >= 15 is 0 Å². The Hall–Kier alpha value is -2.76. The van der Waals surface area contributed by atoms with Crippen molar-refractivity contribution < 1.29 is 19.1 Å². The molecule has 0 aliphatic carbocycles. The van der Waals surface area contributed by atoms with Crippen molar-refractivity contribution in [1.82, 2.24) is 10.3 Å². The number of imide groups is 1. The lowest BCUT2D eigenvalue weighted by atomic mass is 10.0. The number of hydrogen-bond acceptors (Lipinski definition) is 4. The molecule has 94 valence electrons. The van der Waals surface area contributed by atoms with Crippen molar-refractivity contribution in [2.45, 2.75) is 0 Å². The van der Waals surface area contributed by atoms with Gasteiger partial charge in [-0.15, -0.1) is 0 Å². The third-order valence-electron chi connectivity index (χ3n) is 3.22. The van der Waals surface area contributed by atoms with Crippen molar-refractivity contribution in [3.05, 3.63) is 30.0 Å². The van der Waals surface area contributed by atoms with Gasteiger partial charge in [-0.05, 0) is 6.07 Å². The van der Waals surface area contributed by atoms with Crippen LogP contribution in [0.5, 0.6) is 11.5 Å². The van der Waals surface area contributed by atoms with Crippen LogP contribution in [0.15, 0.2) is 24.4 Å². The maximum Gasteiger partial charge on any atom is 0.258 e. The fourth-order valence-electron chi connectivity index (χ4n) is 2.35. The number of ether oxygens (including phenoxy) is 2. The lowest BCUT2D eigenvalue weighted by Crippen LogP contribution is -2.21. The van der Waals surface area contributed by atoms with Gasteiger partial charge in [0.1, 0.15) is 0 Å². The number of H-pyrrole nitrogens is 1. The number of benzene rings is 1. The molecule has 0 saturated heterocycles. The van der Waals surface area contributed by atoms with Gasteiger partial charge in [-0.2, -0.15) is 0 Å². The van der Waals surface area contributed by atoms with Gasteiger partial charge in [0, 0.05) is 34.8 Å². The van der Waals surface area contributed by atoms with E-state index in [0.717, 1.165) is 10.9 Å². The van der Waals surface area contributed by atoms with E-state index in [0.29, 0.717) is 22.6 Å². The molecule has 2 aliphatic heterocycles. The van der Waals surface area contributed by atoms with Gasteiger partial charge in [0.05, 0.1) is 5.57 Å². The average molecular weight is 256 g/mol. The maximum absolute atomic E-state index is 11.7. The monoisotopic (exact) mass is 256 g/mol. The number of rotatable bonds is 1. The summed E-state index contributed by atoms with van der Waals surface area (Å²) in [6, 6.07) is 3.62. The number of carbonyl (C=O) groups excluding carboxylic acids is 2. The first kappa shape index (κ1) is 10.2. The Kier molecular flexibility index (Phi) is 1.81. The quantitative estimate of drug-likeness (QED) is 0.744. The third kappa shape index (κ3) is 1.36. The molecule has 19 heavy (non-hydrogen) atoms. The second-order valence-electron chi connectivity index (χ2n) is 4.33. The summed E-state index contributed by atoms with van der Waals surface area (Å²) in [7, 11) is 0. The molecule has 1 aromatic heterocycles. The average Bonchev–Trinajstić information content (AvgIpc) is 3.04. The highest BCUT2D eigenvalue weighted by Crippen LogP contribution is 2.38. The molecule has 2 N–H and O–H groups in total. The second kappa shape index (κ2) is 3.38. The normalized spacial score (nSPS) is 16.9. The van der Waals surface area contributed by atoms with Crippen LogP contribution < -0.4 is 14.8 Å². The molecule has 2 amide bonds. The van der Waals surface area contributed by atoms with E-state index in [1.54, 1.807) is 12.3 Å². The number of aromatic amines is 1. The van der Waals surface area contributed by atoms with Crippen LogP contribution >= 0.6 is 0 Å². The van der Waals surface area contributed by atoms with Gasteiger partial charge in [0.2, 0.25) is 6.79 Å². The Morgan fingerprint density at radius 3 is 2.63 bits per heavy atom. The van der Waals surface area contributed by atoms with Crippen LogP contribution in [0.25, 0.3) is 16.5 Å². The van der Waals surface area contributed by atoms with Crippen LogP contribution in [0.2, 0.25) is 0 Å². The van der Waals surface area contributed by atoms with Crippen molar-refractivity contribution in [2.75, 3.05) is 6.79 Å². The first-order valence-corrected chi connectivity index (χ1v) is 5.70. The number of aromatic nitrogens is 1. The van der Waals surface area contributed by atoms with E-state index in [4.69, 9.17) is 9.47 Å². The topological polar surface area (TPSA) is 80.4 Å². The summed E-state index contributed by atoms with van der Waals surface area (Å²) >= 11 is 0. The number of amides is 2. The molecule has 2 aromatic rings. The molecule has 0 unspecified atom stereocenters. The van der Waals surface area contributed by atoms with E-state index < -0.39 is 5.91 Å². The maximum atomic E-state index is 11.7. The summed E-state index contributed by atoms with van der Waals surface area (Å²) in [5.41, 5.74) is 1.86. The molecule has 4 rings (SSSR count). The molecular formula is C13H8N2O4. The minimum Gasteiger partial charge on any atom is -0.454 e. The van der Waals surface area contributed by atoms with Crippen molar-refractivity contribution in [2.24, 2.45) is 0 Å². The van der Waals surface area contributed by atoms with Gasteiger partial charge in [0.25, 0.3) is 11.8 Å². The van der Waals surface area contributed by atoms with Crippen molar-refractivity contribution in [3.8, 4) is 11.5 Å². The molecule has 0 radical (unpaired) electrons. The highest BCUT2D eigenvalue weighted by Gasteiger charge is 2.25. The minimum absolute atomic E-state index is 0.193. The fraction of sp³-hybridized carbons (Fsp3) is 0.0769. The number of fused-ring (bicyclic) bond motifs is 2. The molecule has 1 aromatic carbocycles. The molecule has 6 heteroatoms. The summed E-state index contributed by atoms with van der Waals surface area (Å²) in [5.74, 6) is 0.527. The zero-order chi connectivity index (χ0) is 13.0. The molecule has 0 spiro atoms. The van der Waals surface area contributed by atoms with Gasteiger partial charge in [-0.25, -0.2) is 0 Å². The van der Waals surface area contributed by atoms with Crippen LogP contribution in [0.4, 0.5) is 0 Å². The molecule has 0 saturated carbocycles. The predicted molar refractivity (Wildman–Crippen MR) is 65.5 cm³/mol. The van der Waals surface area contributed by atoms with Crippen LogP contribution in [-0.4, -0.2) is 23.6 Å². The van der Waals surface area contributed by atoms with Crippen molar-refractivity contribution >= 4 is 28.3 Å². The highest BCUT2D eigenvalue weighted by atomic mass is 16.7. The van der Waals surface area contributed by atoms with Crippen molar-refractivity contribution in [3.63, 3.8) is 0 Å². The molecule has 0 bridgehead atoms. The Morgan fingerprint density at radius 2 is 1.89 bits per heavy atom. The summed E-state index contributed by atoms with van der Waals surface area (Å²) in [4.78, 5) is 26.0. The fourth-order valence-corrected chi connectivity index (χ4v) is 2.35. The van der Waals surface area contributed by atoms with Crippen LogP contribution in [-0.2, 0) is 9.59 Å². The highest BCUT2D eigenvalue weighted by molar-refractivity contribution is 6.35. The summed E-state index contributed by atoms with van der Waals surface area (Å²) < 4.78 is 10.6. The summed E-state index contributed by atoms with van der Waals surface area (Å²) in [5, 5.41) is 3.05. The minimum atomic E-state index is -0.393. The molecule has 6 nitrogen and oxygen atoms in total. The van der Waals surface area contributed by atoms with Gasteiger partial charge >= 0.3 is 0 Å². The number of hydrogen-bond donors (Lipinski definition) is 2. The van der Waals surface area contributed by atoms with Crippen LogP contribution in [0.3, 0.4) is 0 Å². The van der Waals surface area contributed by atoms with Crippen LogP contribution in [0.1, 0.15) is 5.56 Å². The molecular weight excluding hydrogens is 248 g/mol. The Labute approximate surface area is 107 Å². The molecule has 3 heterocycles. The zero-order valence-corrected chi connectivity index (χ0v) is 9.65. The van der Waals surface area contributed by atoms with E-state index in [1.807, 2.05) is 6.07 Å². The Balaban J connectivity index is 1.94. The SMILES string of the molecule is O=C1C=C(c2c[nH]c3cc4c(cc23)OCO4)C(=O)N1. The van der Waals surface area contributed by atoms with Gasteiger partial charge < -0.3 is 14.5 Å².